The first kappa shape index (κ1) is 25.7. The lowest BCUT2D eigenvalue weighted by Crippen LogP contribution is -2.30. The maximum atomic E-state index is 11.4. The first-order valence-corrected chi connectivity index (χ1v) is 12.7. The summed E-state index contributed by atoms with van der Waals surface area (Å²) in [5.41, 5.74) is 3.62. The lowest BCUT2D eigenvalue weighted by atomic mass is 10.0. The second-order valence-corrected chi connectivity index (χ2v) is 9.40. The third-order valence-electron chi connectivity index (χ3n) is 6.31. The highest BCUT2D eigenvalue weighted by Gasteiger charge is 2.42. The molecule has 2 N–H and O–H groups in total. The molecule has 0 unspecified atom stereocenters. The van der Waals surface area contributed by atoms with E-state index in [4.69, 9.17) is 33.3 Å². The van der Waals surface area contributed by atoms with Gasteiger partial charge in [0.25, 0.3) is 0 Å². The van der Waals surface area contributed by atoms with Crippen LogP contribution in [0.2, 0.25) is 5.02 Å². The van der Waals surface area contributed by atoms with E-state index in [0.717, 1.165) is 22.8 Å². The average molecular weight is 549 g/mol. The Bertz CT molecular complexity index is 1450. The molecule has 2 aromatic carbocycles. The largest absolute Gasteiger partial charge is 0.490 e. The zero-order chi connectivity index (χ0) is 26.6. The van der Waals surface area contributed by atoms with Crippen LogP contribution in [0.5, 0.6) is 5.75 Å². The van der Waals surface area contributed by atoms with Gasteiger partial charge in [0.1, 0.15) is 18.4 Å². The smallest absolute Gasteiger partial charge is 0.335 e. The third-order valence-corrected chi connectivity index (χ3v) is 6.92. The van der Waals surface area contributed by atoms with Gasteiger partial charge in [0.15, 0.2) is 5.11 Å². The second-order valence-electron chi connectivity index (χ2n) is 8.61. The SMILES string of the molecule is COCCOc1ccc(N2C(=S)N[C@H](c3ccccn3)[C@H]2c2cccn2-c2ccc(C(=O)O)cc2)cc1Cl. The van der Waals surface area contributed by atoms with E-state index in [-0.39, 0.29) is 17.6 Å². The molecule has 0 bridgehead atoms. The number of benzene rings is 2. The Balaban J connectivity index is 1.57. The van der Waals surface area contributed by atoms with Crippen molar-refractivity contribution < 1.29 is 19.4 Å². The molecular formula is C28H25ClN4O4S. The van der Waals surface area contributed by atoms with E-state index in [1.165, 1.54) is 0 Å². The van der Waals surface area contributed by atoms with Crippen LogP contribution in [0.15, 0.2) is 85.2 Å². The maximum absolute atomic E-state index is 11.4. The number of aromatic nitrogens is 2. The van der Waals surface area contributed by atoms with Crippen LogP contribution in [0.4, 0.5) is 5.69 Å². The van der Waals surface area contributed by atoms with Gasteiger partial charge in [-0.15, -0.1) is 0 Å². The van der Waals surface area contributed by atoms with Crippen LogP contribution in [-0.4, -0.2) is 46.1 Å². The number of rotatable bonds is 9. The Hall–Kier alpha value is -3.92. The van der Waals surface area contributed by atoms with Gasteiger partial charge in [0, 0.05) is 36.6 Å². The van der Waals surface area contributed by atoms with Crippen molar-refractivity contribution in [1.82, 2.24) is 14.9 Å². The topological polar surface area (TPSA) is 88.9 Å². The number of nitrogens with zero attached hydrogens (tertiary/aromatic N) is 3. The zero-order valence-electron chi connectivity index (χ0n) is 20.5. The molecule has 1 saturated heterocycles. The molecule has 1 fully saturated rings. The number of anilines is 1. The molecule has 8 nitrogen and oxygen atoms in total. The number of carbonyl (C=O) groups is 1. The van der Waals surface area contributed by atoms with Gasteiger partial charge >= 0.3 is 5.97 Å². The van der Waals surface area contributed by atoms with Gasteiger partial charge in [-0.05, 0) is 78.9 Å². The number of carboxylic acids is 1. The summed E-state index contributed by atoms with van der Waals surface area (Å²) in [6.45, 7) is 0.842. The van der Waals surface area contributed by atoms with Crippen molar-refractivity contribution in [1.29, 1.82) is 0 Å². The van der Waals surface area contributed by atoms with Crippen LogP contribution in [-0.2, 0) is 4.74 Å². The summed E-state index contributed by atoms with van der Waals surface area (Å²) < 4.78 is 12.8. The molecule has 10 heteroatoms. The first-order valence-electron chi connectivity index (χ1n) is 11.9. The van der Waals surface area contributed by atoms with Crippen molar-refractivity contribution in [3.8, 4) is 11.4 Å². The van der Waals surface area contributed by atoms with Crippen molar-refractivity contribution in [3.63, 3.8) is 0 Å². The van der Waals surface area contributed by atoms with Crippen LogP contribution < -0.4 is 15.0 Å². The molecule has 38 heavy (non-hydrogen) atoms. The molecule has 4 aromatic rings. The number of carboxylic acid groups (broad SMARTS) is 1. The Morgan fingerprint density at radius 1 is 1.08 bits per heavy atom. The van der Waals surface area contributed by atoms with E-state index in [2.05, 4.69) is 10.3 Å². The number of thiocarbonyl (C=S) groups is 1. The maximum Gasteiger partial charge on any atom is 0.335 e. The van der Waals surface area contributed by atoms with Crippen LogP contribution in [0.3, 0.4) is 0 Å². The molecule has 0 aliphatic carbocycles. The van der Waals surface area contributed by atoms with Crippen molar-refractivity contribution in [2.24, 2.45) is 0 Å². The Labute approximate surface area is 230 Å². The van der Waals surface area contributed by atoms with Crippen LogP contribution in [0.25, 0.3) is 5.69 Å². The van der Waals surface area contributed by atoms with Gasteiger partial charge in [-0.25, -0.2) is 4.79 Å². The minimum absolute atomic E-state index is 0.224. The quantitative estimate of drug-likeness (QED) is 0.211. The standard InChI is InChI=1S/C28H25ClN4O4S/c1-36-15-16-37-24-12-11-20(17-21(24)29)33-26(25(31-28(33)38)22-5-2-3-13-30-22)23-6-4-14-32(23)19-9-7-18(8-10-19)27(34)35/h2-14,17,25-26H,15-16H2,1H3,(H,31,38)(H,34,35)/t25-,26-/m1/s1. The third kappa shape index (κ3) is 5.08. The lowest BCUT2D eigenvalue weighted by Gasteiger charge is -2.29. The summed E-state index contributed by atoms with van der Waals surface area (Å²) in [6.07, 6.45) is 3.70. The summed E-state index contributed by atoms with van der Waals surface area (Å²) >= 11 is 12.4. The number of halogens is 1. The van der Waals surface area contributed by atoms with Crippen molar-refractivity contribution >= 4 is 40.6 Å². The average Bonchev–Trinajstić information content (AvgIpc) is 3.54. The van der Waals surface area contributed by atoms with Crippen LogP contribution in [0.1, 0.15) is 33.8 Å². The van der Waals surface area contributed by atoms with Gasteiger partial charge in [0.05, 0.1) is 28.9 Å². The van der Waals surface area contributed by atoms with Crippen molar-refractivity contribution in [2.45, 2.75) is 12.1 Å². The molecule has 0 amide bonds. The van der Waals surface area contributed by atoms with E-state index >= 15 is 0 Å². The molecule has 2 atom stereocenters. The molecule has 194 valence electrons. The summed E-state index contributed by atoms with van der Waals surface area (Å²) in [5.74, 6) is -0.409. The number of hydrogen-bond donors (Lipinski definition) is 2. The van der Waals surface area contributed by atoms with E-state index < -0.39 is 5.97 Å². The van der Waals surface area contributed by atoms with Crippen molar-refractivity contribution in [3.05, 3.63) is 107 Å². The van der Waals surface area contributed by atoms with Crippen LogP contribution >= 0.6 is 23.8 Å². The number of nitrogens with one attached hydrogen (secondary N) is 1. The second kappa shape index (κ2) is 11.2. The molecule has 0 radical (unpaired) electrons. The molecular weight excluding hydrogens is 524 g/mol. The normalized spacial score (nSPS) is 16.9. The van der Waals surface area contributed by atoms with Crippen molar-refractivity contribution in [2.75, 3.05) is 25.2 Å². The van der Waals surface area contributed by atoms with E-state index in [9.17, 15) is 9.90 Å². The van der Waals surface area contributed by atoms with Gasteiger partial charge < -0.3 is 29.4 Å². The van der Waals surface area contributed by atoms with Crippen LogP contribution in [0, 0.1) is 0 Å². The van der Waals surface area contributed by atoms with E-state index in [1.807, 2.05) is 64.2 Å². The number of methoxy groups -OCH3 is 1. The summed E-state index contributed by atoms with van der Waals surface area (Å²) in [4.78, 5) is 18.0. The van der Waals surface area contributed by atoms with Gasteiger partial charge in [-0.2, -0.15) is 0 Å². The van der Waals surface area contributed by atoms with Gasteiger partial charge in [0.2, 0.25) is 0 Å². The highest BCUT2D eigenvalue weighted by atomic mass is 35.5. The van der Waals surface area contributed by atoms with Gasteiger partial charge in [-0.1, -0.05) is 17.7 Å². The summed E-state index contributed by atoms with van der Waals surface area (Å²) in [5, 5.41) is 13.8. The number of aromatic carboxylic acids is 1. The van der Waals surface area contributed by atoms with Gasteiger partial charge in [-0.3, -0.25) is 4.98 Å². The minimum Gasteiger partial charge on any atom is -0.490 e. The van der Waals surface area contributed by atoms with E-state index in [0.29, 0.717) is 29.1 Å². The minimum atomic E-state index is -0.970. The first-order chi connectivity index (χ1) is 18.5. The Kier molecular flexibility index (Phi) is 7.59. The lowest BCUT2D eigenvalue weighted by molar-refractivity contribution is 0.0697. The fourth-order valence-corrected chi connectivity index (χ4v) is 5.14. The molecule has 0 saturated carbocycles. The zero-order valence-corrected chi connectivity index (χ0v) is 22.0. The number of ether oxygens (including phenoxy) is 2. The predicted molar refractivity (Wildman–Crippen MR) is 149 cm³/mol. The summed E-state index contributed by atoms with van der Waals surface area (Å²) in [6, 6.07) is 21.6. The monoisotopic (exact) mass is 548 g/mol. The fourth-order valence-electron chi connectivity index (χ4n) is 4.56. The molecule has 0 spiro atoms. The number of pyridine rings is 1. The molecule has 3 heterocycles. The fraction of sp³-hybridized carbons (Fsp3) is 0.179. The Morgan fingerprint density at radius 3 is 2.55 bits per heavy atom. The molecule has 1 aliphatic heterocycles. The number of hydrogen-bond acceptors (Lipinski definition) is 5. The summed E-state index contributed by atoms with van der Waals surface area (Å²) in [7, 11) is 1.61. The Morgan fingerprint density at radius 2 is 1.87 bits per heavy atom. The highest BCUT2D eigenvalue weighted by molar-refractivity contribution is 7.80. The predicted octanol–water partition coefficient (Wildman–Crippen LogP) is 5.43. The molecule has 1 aliphatic rings. The van der Waals surface area contributed by atoms with E-state index in [1.54, 1.807) is 37.6 Å². The molecule has 5 rings (SSSR count). The molecule has 2 aromatic heterocycles. The highest BCUT2D eigenvalue weighted by Crippen LogP contribution is 2.43.